The van der Waals surface area contributed by atoms with Gasteiger partial charge in [0, 0.05) is 19.0 Å². The summed E-state index contributed by atoms with van der Waals surface area (Å²) in [6.07, 6.45) is 8.42. The van der Waals surface area contributed by atoms with Crippen LogP contribution in [0.15, 0.2) is 24.3 Å². The zero-order valence-corrected chi connectivity index (χ0v) is 13.8. The second-order valence-electron chi connectivity index (χ2n) is 6.12. The molecule has 122 valence electrons. The fourth-order valence-corrected chi connectivity index (χ4v) is 3.12. The molecule has 1 aliphatic carbocycles. The van der Waals surface area contributed by atoms with Gasteiger partial charge in [0.1, 0.15) is 5.75 Å². The maximum absolute atomic E-state index is 12.1. The summed E-state index contributed by atoms with van der Waals surface area (Å²) in [4.78, 5) is 14.5. The van der Waals surface area contributed by atoms with Crippen molar-refractivity contribution in [3.05, 3.63) is 24.3 Å². The van der Waals surface area contributed by atoms with Crippen molar-refractivity contribution in [2.24, 2.45) is 0 Å². The number of hydrogen-bond donors (Lipinski definition) is 1. The summed E-state index contributed by atoms with van der Waals surface area (Å²) in [6, 6.07) is 8.16. The van der Waals surface area contributed by atoms with Crippen LogP contribution in [0.4, 0.5) is 5.69 Å². The quantitative estimate of drug-likeness (QED) is 0.815. The highest BCUT2D eigenvalue weighted by Crippen LogP contribution is 2.23. The van der Waals surface area contributed by atoms with Gasteiger partial charge in [0.2, 0.25) is 5.91 Å². The van der Waals surface area contributed by atoms with E-state index in [0.717, 1.165) is 12.2 Å². The second-order valence-corrected chi connectivity index (χ2v) is 6.12. The van der Waals surface area contributed by atoms with Gasteiger partial charge in [-0.25, -0.2) is 0 Å². The fourth-order valence-electron chi connectivity index (χ4n) is 3.12. The minimum Gasteiger partial charge on any atom is -0.495 e. The molecule has 0 radical (unpaired) electrons. The fraction of sp³-hybridized carbons (Fsp3) is 0.611. The molecule has 2 rings (SSSR count). The molecule has 22 heavy (non-hydrogen) atoms. The number of hydrogen-bond acceptors (Lipinski definition) is 3. The number of nitrogens with one attached hydrogen (secondary N) is 1. The molecule has 4 heteroatoms. The van der Waals surface area contributed by atoms with Gasteiger partial charge in [-0.05, 0) is 32.0 Å². The van der Waals surface area contributed by atoms with E-state index in [-0.39, 0.29) is 5.91 Å². The van der Waals surface area contributed by atoms with Crippen molar-refractivity contribution in [3.8, 4) is 5.75 Å². The van der Waals surface area contributed by atoms with E-state index < -0.39 is 0 Å². The van der Waals surface area contributed by atoms with Crippen LogP contribution in [0.5, 0.6) is 5.75 Å². The number of anilines is 1. The summed E-state index contributed by atoms with van der Waals surface area (Å²) in [5, 5.41) is 2.94. The first-order chi connectivity index (χ1) is 10.7. The summed E-state index contributed by atoms with van der Waals surface area (Å²) in [5.41, 5.74) is 0.743. The van der Waals surface area contributed by atoms with Crippen LogP contribution in [-0.2, 0) is 4.79 Å². The predicted molar refractivity (Wildman–Crippen MR) is 90.4 cm³/mol. The average Bonchev–Trinajstić information content (AvgIpc) is 2.82. The summed E-state index contributed by atoms with van der Waals surface area (Å²) in [7, 11) is 3.76. The molecule has 0 atom stereocenters. The number of carbonyl (C=O) groups excluding carboxylic acids is 1. The Morgan fingerprint density at radius 1 is 1.23 bits per heavy atom. The van der Waals surface area contributed by atoms with Crippen molar-refractivity contribution in [1.29, 1.82) is 0 Å². The lowest BCUT2D eigenvalue weighted by Gasteiger charge is -2.26. The van der Waals surface area contributed by atoms with Gasteiger partial charge in [-0.3, -0.25) is 4.79 Å². The number of benzene rings is 1. The molecule has 1 fully saturated rings. The Kier molecular flexibility index (Phi) is 6.72. The summed E-state index contributed by atoms with van der Waals surface area (Å²) in [5.74, 6) is 0.748. The lowest BCUT2D eigenvalue weighted by molar-refractivity contribution is -0.116. The smallest absolute Gasteiger partial charge is 0.225 e. The maximum Gasteiger partial charge on any atom is 0.225 e. The molecule has 1 N–H and O–H groups in total. The molecule has 4 nitrogen and oxygen atoms in total. The molecule has 0 aliphatic heterocycles. The average molecular weight is 304 g/mol. The highest BCUT2D eigenvalue weighted by molar-refractivity contribution is 5.92. The molecular formula is C18H28N2O2. The molecule has 1 amide bonds. The molecular weight excluding hydrogens is 276 g/mol. The Morgan fingerprint density at radius 2 is 1.91 bits per heavy atom. The van der Waals surface area contributed by atoms with Gasteiger partial charge in [0.25, 0.3) is 0 Å². The van der Waals surface area contributed by atoms with E-state index in [1.807, 2.05) is 24.3 Å². The van der Waals surface area contributed by atoms with E-state index in [9.17, 15) is 4.79 Å². The topological polar surface area (TPSA) is 41.6 Å². The number of ether oxygens (including phenoxy) is 1. The van der Waals surface area contributed by atoms with Crippen LogP contribution < -0.4 is 10.1 Å². The molecule has 0 heterocycles. The van der Waals surface area contributed by atoms with Crippen molar-refractivity contribution < 1.29 is 9.53 Å². The predicted octanol–water partition coefficient (Wildman–Crippen LogP) is 3.68. The number of rotatable bonds is 6. The monoisotopic (exact) mass is 304 g/mol. The van der Waals surface area contributed by atoms with Crippen molar-refractivity contribution in [2.75, 3.05) is 26.0 Å². The van der Waals surface area contributed by atoms with E-state index >= 15 is 0 Å². The molecule has 0 spiro atoms. The third-order valence-corrected chi connectivity index (χ3v) is 4.52. The third-order valence-electron chi connectivity index (χ3n) is 4.52. The Balaban J connectivity index is 1.79. The van der Waals surface area contributed by atoms with E-state index in [4.69, 9.17) is 4.74 Å². The first-order valence-corrected chi connectivity index (χ1v) is 8.34. The van der Waals surface area contributed by atoms with Crippen LogP contribution in [0.3, 0.4) is 0 Å². The van der Waals surface area contributed by atoms with E-state index in [2.05, 4.69) is 17.3 Å². The van der Waals surface area contributed by atoms with Crippen molar-refractivity contribution in [2.45, 2.75) is 51.0 Å². The van der Waals surface area contributed by atoms with Gasteiger partial charge >= 0.3 is 0 Å². The molecule has 0 saturated heterocycles. The summed E-state index contributed by atoms with van der Waals surface area (Å²) in [6.45, 7) is 0.811. The van der Waals surface area contributed by atoms with Gasteiger partial charge in [-0.1, -0.05) is 37.8 Å². The highest BCUT2D eigenvalue weighted by Gasteiger charge is 2.17. The minimum absolute atomic E-state index is 0.0463. The second kappa shape index (κ2) is 8.79. The van der Waals surface area contributed by atoms with Crippen molar-refractivity contribution >= 4 is 11.6 Å². The number of nitrogens with zero attached hydrogens (tertiary/aromatic N) is 1. The molecule has 0 bridgehead atoms. The van der Waals surface area contributed by atoms with Gasteiger partial charge in [0.05, 0.1) is 12.8 Å². The zero-order chi connectivity index (χ0) is 15.8. The summed E-state index contributed by atoms with van der Waals surface area (Å²) >= 11 is 0. The Morgan fingerprint density at radius 3 is 2.59 bits per heavy atom. The van der Waals surface area contributed by atoms with Gasteiger partial charge in [0.15, 0.2) is 0 Å². The van der Waals surface area contributed by atoms with E-state index in [1.54, 1.807) is 7.11 Å². The standard InChI is InChI=1S/C18H28N2O2/c1-20(15-9-5-3-4-6-10-15)14-13-18(21)19-16-11-7-8-12-17(16)22-2/h7-8,11-12,15H,3-6,9-10,13-14H2,1-2H3,(H,19,21). The van der Waals surface area contributed by atoms with Crippen LogP contribution in [0.25, 0.3) is 0 Å². The van der Waals surface area contributed by atoms with E-state index in [1.165, 1.54) is 38.5 Å². The Bertz CT molecular complexity index is 468. The maximum atomic E-state index is 12.1. The molecule has 0 aromatic heterocycles. The minimum atomic E-state index is 0.0463. The largest absolute Gasteiger partial charge is 0.495 e. The Labute approximate surface area is 133 Å². The lowest BCUT2D eigenvalue weighted by Crippen LogP contribution is -2.33. The molecule has 1 saturated carbocycles. The number of amides is 1. The normalized spacial score (nSPS) is 16.3. The zero-order valence-electron chi connectivity index (χ0n) is 13.8. The SMILES string of the molecule is COc1ccccc1NC(=O)CCN(C)C1CCCCCC1. The third kappa shape index (κ3) is 5.02. The van der Waals surface area contributed by atoms with Crippen LogP contribution in [0.2, 0.25) is 0 Å². The van der Waals surface area contributed by atoms with Gasteiger partial charge in [-0.15, -0.1) is 0 Å². The molecule has 0 unspecified atom stereocenters. The van der Waals surface area contributed by atoms with Crippen molar-refractivity contribution in [1.82, 2.24) is 4.90 Å². The van der Waals surface area contributed by atoms with Gasteiger partial charge in [-0.2, -0.15) is 0 Å². The van der Waals surface area contributed by atoms with Crippen LogP contribution in [-0.4, -0.2) is 37.6 Å². The van der Waals surface area contributed by atoms with Crippen LogP contribution in [0.1, 0.15) is 44.9 Å². The first kappa shape index (κ1) is 16.8. The lowest BCUT2D eigenvalue weighted by atomic mass is 10.1. The molecule has 1 aromatic rings. The van der Waals surface area contributed by atoms with Crippen LogP contribution >= 0.6 is 0 Å². The highest BCUT2D eigenvalue weighted by atomic mass is 16.5. The summed E-state index contributed by atoms with van der Waals surface area (Å²) < 4.78 is 5.26. The molecule has 1 aromatic carbocycles. The van der Waals surface area contributed by atoms with Gasteiger partial charge < -0.3 is 15.0 Å². The number of methoxy groups -OCH3 is 1. The number of carbonyl (C=O) groups is 1. The first-order valence-electron chi connectivity index (χ1n) is 8.34. The van der Waals surface area contributed by atoms with Crippen LogP contribution in [0, 0.1) is 0 Å². The van der Waals surface area contributed by atoms with E-state index in [0.29, 0.717) is 18.2 Å². The van der Waals surface area contributed by atoms with Crippen molar-refractivity contribution in [3.63, 3.8) is 0 Å². The number of para-hydroxylation sites is 2. The Hall–Kier alpha value is -1.55. The molecule has 1 aliphatic rings.